The van der Waals surface area contributed by atoms with Crippen LogP contribution in [0.5, 0.6) is 0 Å². The van der Waals surface area contributed by atoms with Crippen LogP contribution in [0.4, 0.5) is 0 Å². The zero-order chi connectivity index (χ0) is 16.9. The normalized spacial score (nSPS) is 12.3. The van der Waals surface area contributed by atoms with E-state index in [-0.39, 0.29) is 6.04 Å². The number of thioether (sulfide) groups is 1. The maximum absolute atomic E-state index is 6.17. The largest absolute Gasteiger partial charge is 0.410 e. The Morgan fingerprint density at radius 2 is 1.88 bits per heavy atom. The highest BCUT2D eigenvalue weighted by atomic mass is 35.5. The van der Waals surface area contributed by atoms with Gasteiger partial charge < -0.3 is 10.2 Å². The summed E-state index contributed by atoms with van der Waals surface area (Å²) in [7, 11) is 0. The molecule has 3 aromatic rings. The Bertz CT molecular complexity index is 811. The lowest BCUT2D eigenvalue weighted by atomic mass is 10.1. The molecule has 0 aliphatic rings. The van der Waals surface area contributed by atoms with Gasteiger partial charge in [-0.25, -0.2) is 0 Å². The van der Waals surface area contributed by atoms with E-state index >= 15 is 0 Å². The highest BCUT2D eigenvalue weighted by Crippen LogP contribution is 2.28. The third-order valence-electron chi connectivity index (χ3n) is 3.46. The molecule has 2 aromatic carbocycles. The van der Waals surface area contributed by atoms with Crippen molar-refractivity contribution in [3.63, 3.8) is 0 Å². The first-order valence-corrected chi connectivity index (χ1v) is 9.13. The molecule has 1 atom stereocenters. The first-order chi connectivity index (χ1) is 11.6. The highest BCUT2D eigenvalue weighted by Gasteiger charge is 2.18. The summed E-state index contributed by atoms with van der Waals surface area (Å²) in [5.41, 5.74) is 6.28. The minimum Gasteiger partial charge on any atom is -0.410 e. The highest BCUT2D eigenvalue weighted by molar-refractivity contribution is 7.98. The van der Waals surface area contributed by atoms with Crippen LogP contribution in [-0.2, 0) is 12.2 Å². The average Bonchev–Trinajstić information content (AvgIpc) is 3.04. The summed E-state index contributed by atoms with van der Waals surface area (Å²) >= 11 is 13.5. The second kappa shape index (κ2) is 8.03. The van der Waals surface area contributed by atoms with E-state index in [0.29, 0.717) is 26.9 Å². The summed E-state index contributed by atoms with van der Waals surface area (Å²) in [5.74, 6) is 1.18. The van der Waals surface area contributed by atoms with Crippen LogP contribution in [0.3, 0.4) is 0 Å². The van der Waals surface area contributed by atoms with Crippen molar-refractivity contribution in [1.82, 2.24) is 10.2 Å². The smallest absolute Gasteiger partial charge is 0.277 e. The van der Waals surface area contributed by atoms with Gasteiger partial charge in [0.25, 0.3) is 11.1 Å². The van der Waals surface area contributed by atoms with E-state index in [0.717, 1.165) is 12.0 Å². The Hall–Kier alpha value is -1.53. The molecule has 0 radical (unpaired) electrons. The van der Waals surface area contributed by atoms with E-state index in [1.807, 2.05) is 30.3 Å². The van der Waals surface area contributed by atoms with Gasteiger partial charge in [-0.1, -0.05) is 71.4 Å². The van der Waals surface area contributed by atoms with Gasteiger partial charge in [0.05, 0.1) is 0 Å². The van der Waals surface area contributed by atoms with Crippen LogP contribution in [0.1, 0.15) is 23.1 Å². The number of benzene rings is 2. The predicted molar refractivity (Wildman–Crippen MR) is 96.1 cm³/mol. The zero-order valence-electron chi connectivity index (χ0n) is 12.8. The number of aromatic nitrogens is 2. The van der Waals surface area contributed by atoms with Gasteiger partial charge in [0, 0.05) is 22.2 Å². The maximum atomic E-state index is 6.17. The first kappa shape index (κ1) is 17.3. The first-order valence-electron chi connectivity index (χ1n) is 7.39. The standard InChI is InChI=1S/C17H15Cl2N3OS/c18-13-7-6-12(14(19)9-13)10-24-17-22-21-16(23-17)15(20)8-11-4-2-1-3-5-11/h1-7,9,15H,8,10,20H2/p+1/t15-/m0/s1. The summed E-state index contributed by atoms with van der Waals surface area (Å²) < 4.78 is 5.71. The monoisotopic (exact) mass is 380 g/mol. The van der Waals surface area contributed by atoms with Crippen LogP contribution in [0.2, 0.25) is 10.0 Å². The lowest BCUT2D eigenvalue weighted by molar-refractivity contribution is -0.431. The molecule has 0 fully saturated rings. The van der Waals surface area contributed by atoms with Crippen LogP contribution in [0, 0.1) is 0 Å². The van der Waals surface area contributed by atoms with Crippen molar-refractivity contribution in [3.8, 4) is 0 Å². The van der Waals surface area contributed by atoms with Gasteiger partial charge in [-0.3, -0.25) is 0 Å². The van der Waals surface area contributed by atoms with E-state index in [9.17, 15) is 0 Å². The summed E-state index contributed by atoms with van der Waals surface area (Å²) in [6.07, 6.45) is 0.760. The number of halogens is 2. The molecule has 3 N–H and O–H groups in total. The summed E-state index contributed by atoms with van der Waals surface area (Å²) in [6.45, 7) is 0. The molecule has 0 saturated carbocycles. The Morgan fingerprint density at radius 1 is 1.08 bits per heavy atom. The maximum Gasteiger partial charge on any atom is 0.277 e. The van der Waals surface area contributed by atoms with E-state index in [2.05, 4.69) is 28.1 Å². The quantitative estimate of drug-likeness (QED) is 0.650. The predicted octanol–water partition coefficient (Wildman–Crippen LogP) is 4.19. The number of quaternary nitrogens is 1. The van der Waals surface area contributed by atoms with Crippen LogP contribution < -0.4 is 5.73 Å². The second-order valence-corrected chi connectivity index (χ2v) is 7.09. The molecule has 0 bridgehead atoms. The Balaban J connectivity index is 1.61. The molecule has 1 aromatic heterocycles. The fraction of sp³-hybridized carbons (Fsp3) is 0.176. The fourth-order valence-corrected chi connectivity index (χ4v) is 3.54. The second-order valence-electron chi connectivity index (χ2n) is 5.32. The molecule has 3 rings (SSSR count). The van der Waals surface area contributed by atoms with Gasteiger partial charge >= 0.3 is 0 Å². The summed E-state index contributed by atoms with van der Waals surface area (Å²) in [5, 5.41) is 9.95. The van der Waals surface area contributed by atoms with Gasteiger partial charge in [0.1, 0.15) is 0 Å². The Kier molecular flexibility index (Phi) is 5.79. The Labute approximate surface area is 154 Å². The van der Waals surface area contributed by atoms with Crippen molar-refractivity contribution in [3.05, 3.63) is 75.6 Å². The van der Waals surface area contributed by atoms with Gasteiger partial charge in [0.15, 0.2) is 6.04 Å². The molecular weight excluding hydrogens is 365 g/mol. The van der Waals surface area contributed by atoms with Crippen molar-refractivity contribution >= 4 is 35.0 Å². The number of nitrogens with zero attached hydrogens (tertiary/aromatic N) is 2. The number of rotatable bonds is 6. The van der Waals surface area contributed by atoms with Crippen molar-refractivity contribution < 1.29 is 10.2 Å². The van der Waals surface area contributed by atoms with E-state index in [1.54, 1.807) is 6.07 Å². The molecular formula is C17H16Cl2N3OS+. The lowest BCUT2D eigenvalue weighted by Crippen LogP contribution is -2.54. The molecule has 0 aliphatic heterocycles. The SMILES string of the molecule is [NH3+][C@@H](Cc1ccccc1)c1nnc(SCc2ccc(Cl)cc2Cl)o1. The zero-order valence-corrected chi connectivity index (χ0v) is 15.1. The van der Waals surface area contributed by atoms with Crippen LogP contribution in [0.15, 0.2) is 58.2 Å². The topological polar surface area (TPSA) is 66.6 Å². The molecule has 0 spiro atoms. The number of hydrogen-bond acceptors (Lipinski definition) is 4. The summed E-state index contributed by atoms with van der Waals surface area (Å²) in [6, 6.07) is 15.5. The third-order valence-corrected chi connectivity index (χ3v) is 4.92. The van der Waals surface area contributed by atoms with Crippen molar-refractivity contribution in [2.75, 3.05) is 0 Å². The minimum atomic E-state index is -0.0756. The summed E-state index contributed by atoms with van der Waals surface area (Å²) in [4.78, 5) is 0. The molecule has 124 valence electrons. The van der Waals surface area contributed by atoms with E-state index in [4.69, 9.17) is 27.6 Å². The van der Waals surface area contributed by atoms with Gasteiger partial charge in [-0.05, 0) is 23.3 Å². The molecule has 4 nitrogen and oxygen atoms in total. The lowest BCUT2D eigenvalue weighted by Gasteiger charge is -2.04. The molecule has 1 heterocycles. The average molecular weight is 381 g/mol. The van der Waals surface area contributed by atoms with Crippen molar-refractivity contribution in [2.24, 2.45) is 0 Å². The van der Waals surface area contributed by atoms with Crippen LogP contribution in [0.25, 0.3) is 0 Å². The molecule has 24 heavy (non-hydrogen) atoms. The van der Waals surface area contributed by atoms with Crippen LogP contribution >= 0.6 is 35.0 Å². The van der Waals surface area contributed by atoms with E-state index < -0.39 is 0 Å². The van der Waals surface area contributed by atoms with E-state index in [1.165, 1.54) is 17.3 Å². The minimum absolute atomic E-state index is 0.0756. The number of hydrogen-bond donors (Lipinski definition) is 1. The molecule has 7 heteroatoms. The molecule has 0 amide bonds. The van der Waals surface area contributed by atoms with Gasteiger partial charge in [-0.15, -0.1) is 10.2 Å². The molecule has 0 saturated heterocycles. The van der Waals surface area contributed by atoms with Gasteiger partial charge in [0.2, 0.25) is 0 Å². The fourth-order valence-electron chi connectivity index (χ4n) is 2.21. The van der Waals surface area contributed by atoms with Crippen LogP contribution in [-0.4, -0.2) is 10.2 Å². The molecule has 0 unspecified atom stereocenters. The third kappa shape index (κ3) is 4.51. The molecule has 0 aliphatic carbocycles. The van der Waals surface area contributed by atoms with Crippen molar-refractivity contribution in [2.45, 2.75) is 23.4 Å². The van der Waals surface area contributed by atoms with Gasteiger partial charge in [-0.2, -0.15) is 0 Å². The van der Waals surface area contributed by atoms with Crippen molar-refractivity contribution in [1.29, 1.82) is 0 Å². The Morgan fingerprint density at radius 3 is 2.62 bits per heavy atom.